The fourth-order valence-corrected chi connectivity index (χ4v) is 5.56. The minimum atomic E-state index is -0.947. The van der Waals surface area contributed by atoms with Crippen LogP contribution in [0, 0.1) is 17.8 Å². The quantitative estimate of drug-likeness (QED) is 0.569. The van der Waals surface area contributed by atoms with Gasteiger partial charge in [0.05, 0.1) is 0 Å². The van der Waals surface area contributed by atoms with Gasteiger partial charge in [0.25, 0.3) is 0 Å². The van der Waals surface area contributed by atoms with Crippen LogP contribution >= 0.6 is 0 Å². The molecule has 2 heterocycles. The highest BCUT2D eigenvalue weighted by molar-refractivity contribution is 6.45. The molecule has 0 aromatic heterocycles. The summed E-state index contributed by atoms with van der Waals surface area (Å²) in [7, 11) is 0. The second-order valence-electron chi connectivity index (χ2n) is 8.83. The van der Waals surface area contributed by atoms with Crippen molar-refractivity contribution in [3.63, 3.8) is 0 Å². The van der Waals surface area contributed by atoms with Crippen molar-refractivity contribution in [2.75, 3.05) is 25.1 Å². The van der Waals surface area contributed by atoms with Gasteiger partial charge in [0.15, 0.2) is 11.5 Å². The van der Waals surface area contributed by atoms with Crippen LogP contribution in [0.25, 0.3) is 0 Å². The molecule has 2 aliphatic heterocycles. The van der Waals surface area contributed by atoms with Crippen LogP contribution in [0.3, 0.4) is 0 Å². The van der Waals surface area contributed by atoms with E-state index in [4.69, 9.17) is 9.47 Å². The first kappa shape index (κ1) is 19.8. The Balaban J connectivity index is 1.25. The van der Waals surface area contributed by atoms with Gasteiger partial charge in [0.1, 0.15) is 19.8 Å². The molecule has 4 unspecified atom stereocenters. The maximum atomic E-state index is 12.9. The molecule has 1 aromatic rings. The predicted molar refractivity (Wildman–Crippen MR) is 108 cm³/mol. The standard InChI is InChI=1S/C22H25N3O6/c1-12(16-9-13-2-3-14(16)8-13)25-21(28)20(27)24(22(25)29)11-19(26)23-15-4-5-17-18(10-15)31-7-6-30-17/h4-5,10,12-14,16H,2-3,6-9,11H2,1H3,(H,23,26). The number of nitrogens with one attached hydrogen (secondary N) is 1. The summed E-state index contributed by atoms with van der Waals surface area (Å²) >= 11 is 0. The lowest BCUT2D eigenvalue weighted by Gasteiger charge is -2.32. The smallest absolute Gasteiger partial charge is 0.334 e. The summed E-state index contributed by atoms with van der Waals surface area (Å²) in [6.07, 6.45) is 4.45. The van der Waals surface area contributed by atoms with Crippen LogP contribution < -0.4 is 14.8 Å². The number of urea groups is 1. The summed E-state index contributed by atoms with van der Waals surface area (Å²) in [4.78, 5) is 52.3. The molecular formula is C22H25N3O6. The van der Waals surface area contributed by atoms with Crippen molar-refractivity contribution in [1.29, 1.82) is 0 Å². The third-order valence-corrected chi connectivity index (χ3v) is 7.03. The van der Waals surface area contributed by atoms with Crippen molar-refractivity contribution < 1.29 is 28.7 Å². The molecule has 164 valence electrons. The molecule has 5 rings (SSSR count). The van der Waals surface area contributed by atoms with Gasteiger partial charge in [-0.1, -0.05) is 6.42 Å². The van der Waals surface area contributed by atoms with Gasteiger partial charge < -0.3 is 14.8 Å². The number of imide groups is 2. The molecule has 2 aliphatic carbocycles. The van der Waals surface area contributed by atoms with Gasteiger partial charge in [-0.25, -0.2) is 9.69 Å². The van der Waals surface area contributed by atoms with Gasteiger partial charge >= 0.3 is 17.8 Å². The number of hydrogen-bond donors (Lipinski definition) is 1. The van der Waals surface area contributed by atoms with Gasteiger partial charge in [-0.2, -0.15) is 0 Å². The van der Waals surface area contributed by atoms with Gasteiger partial charge in [0, 0.05) is 17.8 Å². The molecule has 0 radical (unpaired) electrons. The topological polar surface area (TPSA) is 105 Å². The number of carbonyl (C=O) groups excluding carboxylic acids is 4. The Morgan fingerprint density at radius 2 is 1.87 bits per heavy atom. The Kier molecular flexibility index (Phi) is 4.83. The highest BCUT2D eigenvalue weighted by atomic mass is 16.6. The number of hydrogen-bond acceptors (Lipinski definition) is 6. The van der Waals surface area contributed by atoms with Crippen molar-refractivity contribution in [2.24, 2.45) is 17.8 Å². The van der Waals surface area contributed by atoms with Crippen LogP contribution in [0.4, 0.5) is 10.5 Å². The van der Waals surface area contributed by atoms with E-state index in [0.29, 0.717) is 42.2 Å². The molecule has 0 spiro atoms. The van der Waals surface area contributed by atoms with E-state index in [-0.39, 0.29) is 12.0 Å². The number of ether oxygens (including phenoxy) is 2. The number of carbonyl (C=O) groups is 4. The highest BCUT2D eigenvalue weighted by Crippen LogP contribution is 2.50. The van der Waals surface area contributed by atoms with Crippen molar-refractivity contribution in [3.8, 4) is 11.5 Å². The maximum Gasteiger partial charge on any atom is 0.334 e. The summed E-state index contributed by atoms with van der Waals surface area (Å²) in [5, 5.41) is 2.65. The molecule has 31 heavy (non-hydrogen) atoms. The van der Waals surface area contributed by atoms with Crippen molar-refractivity contribution in [1.82, 2.24) is 9.80 Å². The number of fused-ring (bicyclic) bond motifs is 3. The largest absolute Gasteiger partial charge is 0.486 e. The highest BCUT2D eigenvalue weighted by Gasteiger charge is 2.52. The van der Waals surface area contributed by atoms with Crippen LogP contribution in [-0.4, -0.2) is 59.4 Å². The second kappa shape index (κ2) is 7.55. The lowest BCUT2D eigenvalue weighted by atomic mass is 9.83. The van der Waals surface area contributed by atoms with Crippen LogP contribution in [0.15, 0.2) is 18.2 Å². The molecule has 4 aliphatic rings. The molecule has 2 bridgehead atoms. The van der Waals surface area contributed by atoms with E-state index in [9.17, 15) is 19.2 Å². The SMILES string of the molecule is CC(C1CC2CCC1C2)N1C(=O)C(=O)N(CC(=O)Nc2ccc3c(c2)OCCO3)C1=O. The second-order valence-corrected chi connectivity index (χ2v) is 8.83. The molecule has 3 fully saturated rings. The molecule has 9 heteroatoms. The van der Waals surface area contributed by atoms with Crippen LogP contribution in [0.5, 0.6) is 11.5 Å². The van der Waals surface area contributed by atoms with E-state index in [1.165, 1.54) is 6.42 Å². The monoisotopic (exact) mass is 427 g/mol. The summed E-state index contributed by atoms with van der Waals surface area (Å²) in [6.45, 7) is 2.20. The number of rotatable bonds is 5. The Morgan fingerprint density at radius 3 is 2.58 bits per heavy atom. The van der Waals surface area contributed by atoms with E-state index in [0.717, 1.165) is 29.1 Å². The van der Waals surface area contributed by atoms with Gasteiger partial charge in [0.2, 0.25) is 5.91 Å². The molecule has 2 saturated carbocycles. The zero-order chi connectivity index (χ0) is 21.7. The van der Waals surface area contributed by atoms with E-state index in [1.54, 1.807) is 18.2 Å². The molecule has 1 N–H and O–H groups in total. The number of benzene rings is 1. The first-order valence-electron chi connectivity index (χ1n) is 10.8. The van der Waals surface area contributed by atoms with Crippen LogP contribution in [-0.2, 0) is 14.4 Å². The number of amides is 5. The normalized spacial score (nSPS) is 27.8. The fraction of sp³-hybridized carbons (Fsp3) is 0.545. The Morgan fingerprint density at radius 1 is 1.10 bits per heavy atom. The summed E-state index contributed by atoms with van der Waals surface area (Å²) in [5.41, 5.74) is 0.451. The molecule has 1 saturated heterocycles. The van der Waals surface area contributed by atoms with E-state index in [1.807, 2.05) is 6.92 Å². The lowest BCUT2D eigenvalue weighted by Crippen LogP contribution is -2.45. The molecule has 5 amide bonds. The average Bonchev–Trinajstić information content (AvgIpc) is 3.45. The molecular weight excluding hydrogens is 402 g/mol. The van der Waals surface area contributed by atoms with Crippen molar-refractivity contribution >= 4 is 29.4 Å². The minimum Gasteiger partial charge on any atom is -0.486 e. The van der Waals surface area contributed by atoms with Crippen LogP contribution in [0.1, 0.15) is 32.6 Å². The Hall–Kier alpha value is -3.10. The zero-order valence-electron chi connectivity index (χ0n) is 17.3. The number of anilines is 1. The third-order valence-electron chi connectivity index (χ3n) is 7.03. The third kappa shape index (κ3) is 3.41. The van der Waals surface area contributed by atoms with E-state index >= 15 is 0 Å². The minimum absolute atomic E-state index is 0.228. The van der Waals surface area contributed by atoms with E-state index in [2.05, 4.69) is 5.32 Å². The van der Waals surface area contributed by atoms with Gasteiger partial charge in [-0.05, 0) is 56.1 Å². The summed E-state index contributed by atoms with van der Waals surface area (Å²) in [6, 6.07) is 3.90. The predicted octanol–water partition coefficient (Wildman–Crippen LogP) is 2.01. The van der Waals surface area contributed by atoms with Gasteiger partial charge in [-0.15, -0.1) is 0 Å². The summed E-state index contributed by atoms with van der Waals surface area (Å²) in [5.74, 6) is 0.136. The first-order chi connectivity index (χ1) is 14.9. The molecule has 4 atom stereocenters. The fourth-order valence-electron chi connectivity index (χ4n) is 5.56. The average molecular weight is 427 g/mol. The van der Waals surface area contributed by atoms with Crippen molar-refractivity contribution in [3.05, 3.63) is 18.2 Å². The van der Waals surface area contributed by atoms with Crippen molar-refractivity contribution in [2.45, 2.75) is 38.6 Å². The molecule has 1 aromatic carbocycles. The maximum absolute atomic E-state index is 12.9. The first-order valence-corrected chi connectivity index (χ1v) is 10.8. The van der Waals surface area contributed by atoms with Gasteiger partial charge in [-0.3, -0.25) is 19.3 Å². The Bertz CT molecular complexity index is 963. The number of nitrogens with zero attached hydrogens (tertiary/aromatic N) is 2. The lowest BCUT2D eigenvalue weighted by molar-refractivity contribution is -0.144. The zero-order valence-corrected chi connectivity index (χ0v) is 17.3. The Labute approximate surface area is 179 Å². The molecule has 9 nitrogen and oxygen atoms in total. The summed E-state index contributed by atoms with van der Waals surface area (Å²) < 4.78 is 10.9. The van der Waals surface area contributed by atoms with Crippen LogP contribution in [0.2, 0.25) is 0 Å². The van der Waals surface area contributed by atoms with E-state index < -0.39 is 30.3 Å².